The van der Waals surface area contributed by atoms with E-state index in [4.69, 9.17) is 0 Å². The van der Waals surface area contributed by atoms with Gasteiger partial charge >= 0.3 is 0 Å². The van der Waals surface area contributed by atoms with Crippen LogP contribution in [0, 0.1) is 26.7 Å². The van der Waals surface area contributed by atoms with Crippen LogP contribution in [0.2, 0.25) is 0 Å². The van der Waals surface area contributed by atoms with E-state index in [1.54, 1.807) is 12.4 Å². The van der Waals surface area contributed by atoms with E-state index < -0.39 is 0 Å². The molecule has 31 heavy (non-hydrogen) atoms. The van der Waals surface area contributed by atoms with E-state index >= 15 is 0 Å². The largest absolute Gasteiger partial charge is 0.365 e. The first-order valence-corrected chi connectivity index (χ1v) is 10.9. The minimum Gasteiger partial charge on any atom is -0.365 e. The highest BCUT2D eigenvalue weighted by atomic mass is 16.2. The lowest BCUT2D eigenvalue weighted by Gasteiger charge is -2.34. The Hall–Kier alpha value is -3.28. The molecule has 1 aliphatic carbocycles. The second kappa shape index (κ2) is 7.76. The fourth-order valence-corrected chi connectivity index (χ4v) is 4.98. The molecule has 3 atom stereocenters. The zero-order valence-electron chi connectivity index (χ0n) is 18.2. The molecular formula is C25H27N5O. The summed E-state index contributed by atoms with van der Waals surface area (Å²) in [4.78, 5) is 29.3. The number of rotatable bonds is 4. The Labute approximate surface area is 182 Å². The summed E-state index contributed by atoms with van der Waals surface area (Å²) in [7, 11) is 0. The Kier molecular flexibility index (Phi) is 4.93. The van der Waals surface area contributed by atoms with Crippen LogP contribution in [0.1, 0.15) is 40.0 Å². The van der Waals surface area contributed by atoms with E-state index in [0.717, 1.165) is 53.2 Å². The van der Waals surface area contributed by atoms with Gasteiger partial charge in [0.2, 0.25) is 0 Å². The van der Waals surface area contributed by atoms with Crippen molar-refractivity contribution in [2.45, 2.75) is 45.7 Å². The van der Waals surface area contributed by atoms with Crippen molar-refractivity contribution in [3.8, 4) is 11.3 Å². The Morgan fingerprint density at radius 2 is 1.87 bits per heavy atom. The van der Waals surface area contributed by atoms with Gasteiger partial charge in [-0.1, -0.05) is 12.1 Å². The number of aryl methyl sites for hydroxylation is 3. The monoisotopic (exact) mass is 413 g/mol. The van der Waals surface area contributed by atoms with Crippen molar-refractivity contribution in [3.63, 3.8) is 0 Å². The lowest BCUT2D eigenvalue weighted by molar-refractivity contribution is 0.0687. The standard InChI is InChI=1S/C25H27N5O/c1-15-6-7-22(27-12-15)29-20-10-18-11-21(20)30(14-18)25(31)24-19(9-16(2)13-28-24)23-17(3)5-4-8-26-23/h4-9,12-13,18,20-21H,10-11,14H2,1-3H3,(H,27,29). The molecule has 1 N–H and O–H groups in total. The second-order valence-electron chi connectivity index (χ2n) is 8.91. The van der Waals surface area contributed by atoms with Gasteiger partial charge in [-0.3, -0.25) is 14.8 Å². The Bertz CT molecular complexity index is 1130. The summed E-state index contributed by atoms with van der Waals surface area (Å²) in [6.07, 6.45) is 7.51. The maximum atomic E-state index is 13.7. The zero-order valence-corrected chi connectivity index (χ0v) is 18.2. The second-order valence-corrected chi connectivity index (χ2v) is 8.91. The quantitative estimate of drug-likeness (QED) is 0.695. The minimum atomic E-state index is -0.00378. The number of carbonyl (C=O) groups excluding carboxylic acids is 1. The van der Waals surface area contributed by atoms with Crippen molar-refractivity contribution in [2.75, 3.05) is 11.9 Å². The highest BCUT2D eigenvalue weighted by molar-refractivity contribution is 5.99. The molecule has 2 fully saturated rings. The number of hydrogen-bond acceptors (Lipinski definition) is 5. The van der Waals surface area contributed by atoms with Crippen molar-refractivity contribution < 1.29 is 4.79 Å². The number of pyridine rings is 3. The molecular weight excluding hydrogens is 386 g/mol. The average molecular weight is 414 g/mol. The first-order valence-electron chi connectivity index (χ1n) is 10.9. The van der Waals surface area contributed by atoms with Crippen molar-refractivity contribution in [2.24, 2.45) is 5.92 Å². The van der Waals surface area contributed by atoms with E-state index in [9.17, 15) is 4.79 Å². The van der Waals surface area contributed by atoms with Crippen LogP contribution in [0.25, 0.3) is 11.3 Å². The third-order valence-electron chi connectivity index (χ3n) is 6.48. The van der Waals surface area contributed by atoms with Crippen molar-refractivity contribution in [3.05, 3.63) is 71.3 Å². The minimum absolute atomic E-state index is 0.00378. The summed E-state index contributed by atoms with van der Waals surface area (Å²) in [5.74, 6) is 1.38. The molecule has 6 nitrogen and oxygen atoms in total. The van der Waals surface area contributed by atoms with E-state index in [-0.39, 0.29) is 18.0 Å². The fraction of sp³-hybridized carbons (Fsp3) is 0.360. The molecule has 158 valence electrons. The predicted octanol–water partition coefficient (Wildman–Crippen LogP) is 4.18. The molecule has 2 aliphatic rings. The summed E-state index contributed by atoms with van der Waals surface area (Å²) < 4.78 is 0. The fourth-order valence-electron chi connectivity index (χ4n) is 4.98. The van der Waals surface area contributed by atoms with Crippen LogP contribution in [-0.2, 0) is 0 Å². The molecule has 0 radical (unpaired) electrons. The molecule has 3 aromatic rings. The third kappa shape index (κ3) is 3.67. The van der Waals surface area contributed by atoms with Crippen LogP contribution in [0.4, 0.5) is 5.82 Å². The summed E-state index contributed by atoms with van der Waals surface area (Å²) in [5, 5.41) is 3.56. The number of nitrogens with one attached hydrogen (secondary N) is 1. The van der Waals surface area contributed by atoms with E-state index in [1.807, 2.05) is 56.1 Å². The molecule has 1 saturated carbocycles. The third-order valence-corrected chi connectivity index (χ3v) is 6.48. The van der Waals surface area contributed by atoms with Gasteiger partial charge in [0.15, 0.2) is 0 Å². The van der Waals surface area contributed by atoms with Gasteiger partial charge in [0, 0.05) is 36.7 Å². The molecule has 1 amide bonds. The van der Waals surface area contributed by atoms with Gasteiger partial charge in [-0.25, -0.2) is 4.98 Å². The highest BCUT2D eigenvalue weighted by Gasteiger charge is 2.47. The number of piperidine rings is 1. The van der Waals surface area contributed by atoms with E-state index in [2.05, 4.69) is 26.3 Å². The van der Waals surface area contributed by atoms with Crippen molar-refractivity contribution in [1.29, 1.82) is 0 Å². The Morgan fingerprint density at radius 3 is 2.61 bits per heavy atom. The molecule has 1 saturated heterocycles. The number of amides is 1. The van der Waals surface area contributed by atoms with Crippen LogP contribution in [0.3, 0.4) is 0 Å². The number of fused-ring (bicyclic) bond motifs is 2. The van der Waals surface area contributed by atoms with E-state index in [0.29, 0.717) is 11.6 Å². The van der Waals surface area contributed by atoms with Crippen LogP contribution >= 0.6 is 0 Å². The van der Waals surface area contributed by atoms with Crippen LogP contribution < -0.4 is 5.32 Å². The molecule has 4 heterocycles. The molecule has 0 aromatic carbocycles. The topological polar surface area (TPSA) is 71.0 Å². The summed E-state index contributed by atoms with van der Waals surface area (Å²) >= 11 is 0. The average Bonchev–Trinajstić information content (AvgIpc) is 3.36. The molecule has 2 bridgehead atoms. The molecule has 1 aliphatic heterocycles. The van der Waals surface area contributed by atoms with Gasteiger partial charge in [0.25, 0.3) is 5.91 Å². The highest BCUT2D eigenvalue weighted by Crippen LogP contribution is 2.40. The number of hydrogen-bond donors (Lipinski definition) is 1. The van der Waals surface area contributed by atoms with E-state index in [1.165, 1.54) is 0 Å². The van der Waals surface area contributed by atoms with Crippen molar-refractivity contribution >= 4 is 11.7 Å². The number of likely N-dealkylation sites (tertiary alicyclic amines) is 1. The number of carbonyl (C=O) groups is 1. The van der Waals surface area contributed by atoms with Gasteiger partial charge in [-0.2, -0.15) is 0 Å². The summed E-state index contributed by atoms with van der Waals surface area (Å²) in [6, 6.07) is 10.4. The molecule has 3 aromatic heterocycles. The maximum absolute atomic E-state index is 13.7. The van der Waals surface area contributed by atoms with Crippen LogP contribution in [0.15, 0.2) is 48.9 Å². The lowest BCUT2D eigenvalue weighted by atomic mass is 10.0. The van der Waals surface area contributed by atoms with Gasteiger partial charge < -0.3 is 10.2 Å². The zero-order chi connectivity index (χ0) is 21.5. The Balaban J connectivity index is 1.43. The molecule has 5 rings (SSSR count). The predicted molar refractivity (Wildman–Crippen MR) is 121 cm³/mol. The summed E-state index contributed by atoms with van der Waals surface area (Å²) in [5.41, 5.74) is 5.33. The number of nitrogens with zero attached hydrogens (tertiary/aromatic N) is 4. The molecule has 3 unspecified atom stereocenters. The SMILES string of the molecule is Cc1ccc(NC2CC3CC2N(C(=O)c2ncc(C)cc2-c2ncccc2C)C3)nc1. The summed E-state index contributed by atoms with van der Waals surface area (Å²) in [6.45, 7) is 6.84. The van der Waals surface area contributed by atoms with Crippen molar-refractivity contribution in [1.82, 2.24) is 19.9 Å². The van der Waals surface area contributed by atoms with Crippen LogP contribution in [-0.4, -0.2) is 44.4 Å². The smallest absolute Gasteiger partial charge is 0.273 e. The number of anilines is 1. The van der Waals surface area contributed by atoms with Gasteiger partial charge in [0.1, 0.15) is 11.5 Å². The Morgan fingerprint density at radius 1 is 1.03 bits per heavy atom. The van der Waals surface area contributed by atoms with Crippen LogP contribution in [0.5, 0.6) is 0 Å². The molecule has 0 spiro atoms. The maximum Gasteiger partial charge on any atom is 0.273 e. The lowest BCUT2D eigenvalue weighted by Crippen LogP contribution is -2.48. The molecule has 6 heteroatoms. The van der Waals surface area contributed by atoms with Gasteiger partial charge in [0.05, 0.1) is 11.7 Å². The normalized spacial score (nSPS) is 22.0. The number of aromatic nitrogens is 3. The first kappa shape index (κ1) is 19.7. The van der Waals surface area contributed by atoms with Gasteiger partial charge in [-0.15, -0.1) is 0 Å². The van der Waals surface area contributed by atoms with Gasteiger partial charge in [-0.05, 0) is 74.4 Å². The first-order chi connectivity index (χ1) is 15.0.